The Morgan fingerprint density at radius 3 is 1.97 bits per heavy atom. The van der Waals surface area contributed by atoms with Crippen LogP contribution in [0.15, 0.2) is 60.7 Å². The molecule has 1 atom stereocenters. The molecule has 1 saturated heterocycles. The molecule has 3 amide bonds. The standard InChI is InChI=1S/C21H23N3O3S.ClH/c1-16(17-8-4-2-5-9-17)22-20(26)23-12-14-24(15-13-23)21(27)28-19(25)18-10-6-3-7-11-18;/h2-11,16H,12-15H2,1H3,(H,22,26);1H. The Hall–Kier alpha value is -2.51. The molecule has 2 aromatic rings. The topological polar surface area (TPSA) is 69.7 Å². The Kier molecular flexibility index (Phi) is 8.54. The molecule has 0 aliphatic carbocycles. The number of hydrogen-bond donors (Lipinski definition) is 1. The summed E-state index contributed by atoms with van der Waals surface area (Å²) in [7, 11) is 0. The van der Waals surface area contributed by atoms with Crippen molar-refractivity contribution < 1.29 is 14.4 Å². The van der Waals surface area contributed by atoms with E-state index in [-0.39, 0.29) is 34.8 Å². The van der Waals surface area contributed by atoms with Gasteiger partial charge in [-0.2, -0.15) is 0 Å². The fourth-order valence-electron chi connectivity index (χ4n) is 2.97. The third-order valence-electron chi connectivity index (χ3n) is 4.65. The predicted molar refractivity (Wildman–Crippen MR) is 118 cm³/mol. The summed E-state index contributed by atoms with van der Waals surface area (Å²) in [5.74, 6) is 0. The SMILES string of the molecule is CC(NC(=O)N1CCN(C(=O)SC(=O)c2ccccc2)CC1)c1ccccc1.Cl. The zero-order chi connectivity index (χ0) is 19.9. The first-order valence-corrected chi connectivity index (χ1v) is 10.0. The summed E-state index contributed by atoms with van der Waals surface area (Å²) in [6.45, 7) is 3.67. The molecule has 8 heteroatoms. The molecule has 1 fully saturated rings. The van der Waals surface area contributed by atoms with Gasteiger partial charge in [-0.05, 0) is 12.5 Å². The zero-order valence-electron chi connectivity index (χ0n) is 16.1. The van der Waals surface area contributed by atoms with E-state index in [0.29, 0.717) is 43.5 Å². The van der Waals surface area contributed by atoms with E-state index < -0.39 is 0 Å². The Morgan fingerprint density at radius 2 is 1.38 bits per heavy atom. The lowest BCUT2D eigenvalue weighted by Crippen LogP contribution is -2.52. The summed E-state index contributed by atoms with van der Waals surface area (Å²) in [5.41, 5.74) is 1.55. The lowest BCUT2D eigenvalue weighted by molar-refractivity contribution is 0.108. The van der Waals surface area contributed by atoms with Gasteiger partial charge in [0.2, 0.25) is 5.12 Å². The molecule has 1 aliphatic heterocycles. The highest BCUT2D eigenvalue weighted by atomic mass is 35.5. The normalized spacial score (nSPS) is 14.5. The number of benzene rings is 2. The molecule has 1 aliphatic rings. The molecule has 6 nitrogen and oxygen atoms in total. The quantitative estimate of drug-likeness (QED) is 0.787. The number of nitrogens with one attached hydrogen (secondary N) is 1. The van der Waals surface area contributed by atoms with Gasteiger partial charge in [0.25, 0.3) is 5.24 Å². The van der Waals surface area contributed by atoms with Crippen molar-refractivity contribution in [2.24, 2.45) is 0 Å². The first-order chi connectivity index (χ1) is 13.5. The van der Waals surface area contributed by atoms with Crippen LogP contribution >= 0.6 is 24.2 Å². The van der Waals surface area contributed by atoms with Gasteiger partial charge in [0.15, 0.2) is 0 Å². The molecule has 0 radical (unpaired) electrons. The number of urea groups is 1. The number of rotatable bonds is 3. The summed E-state index contributed by atoms with van der Waals surface area (Å²) < 4.78 is 0. The van der Waals surface area contributed by atoms with Gasteiger partial charge in [0, 0.05) is 43.5 Å². The van der Waals surface area contributed by atoms with Gasteiger partial charge in [0.05, 0.1) is 6.04 Å². The van der Waals surface area contributed by atoms with E-state index in [1.807, 2.05) is 43.3 Å². The zero-order valence-corrected chi connectivity index (χ0v) is 17.7. The van der Waals surface area contributed by atoms with Crippen LogP contribution in [-0.2, 0) is 0 Å². The average Bonchev–Trinajstić information content (AvgIpc) is 2.75. The summed E-state index contributed by atoms with van der Waals surface area (Å²) in [4.78, 5) is 40.3. The van der Waals surface area contributed by atoms with Crippen molar-refractivity contribution >= 4 is 40.6 Å². The summed E-state index contributed by atoms with van der Waals surface area (Å²) in [6, 6.07) is 18.3. The Balaban J connectivity index is 0.00000300. The van der Waals surface area contributed by atoms with Crippen LogP contribution in [0.4, 0.5) is 9.59 Å². The number of carbonyl (C=O) groups is 3. The van der Waals surface area contributed by atoms with E-state index in [9.17, 15) is 14.4 Å². The molecule has 3 rings (SSSR count). The van der Waals surface area contributed by atoms with Crippen LogP contribution in [-0.4, -0.2) is 52.4 Å². The van der Waals surface area contributed by atoms with Crippen molar-refractivity contribution in [1.29, 1.82) is 0 Å². The second kappa shape index (κ2) is 10.9. The fraction of sp³-hybridized carbons (Fsp3) is 0.286. The number of thioether (sulfide) groups is 1. The number of piperazine rings is 1. The molecule has 1 heterocycles. The van der Waals surface area contributed by atoms with Crippen LogP contribution in [0.25, 0.3) is 0 Å². The van der Waals surface area contributed by atoms with Crippen molar-refractivity contribution in [2.45, 2.75) is 13.0 Å². The van der Waals surface area contributed by atoms with Crippen LogP contribution in [0.3, 0.4) is 0 Å². The highest BCUT2D eigenvalue weighted by Crippen LogP contribution is 2.18. The number of hydrogen-bond acceptors (Lipinski definition) is 4. The van der Waals surface area contributed by atoms with E-state index in [0.717, 1.165) is 5.56 Å². The molecular formula is C21H24ClN3O3S. The van der Waals surface area contributed by atoms with E-state index in [1.54, 1.807) is 34.1 Å². The maximum absolute atomic E-state index is 12.5. The molecule has 2 aromatic carbocycles. The van der Waals surface area contributed by atoms with E-state index in [1.165, 1.54) is 0 Å². The first-order valence-electron chi connectivity index (χ1n) is 9.21. The van der Waals surface area contributed by atoms with Gasteiger partial charge in [-0.25, -0.2) is 4.79 Å². The largest absolute Gasteiger partial charge is 0.331 e. The average molecular weight is 434 g/mol. The second-order valence-electron chi connectivity index (χ2n) is 6.58. The highest BCUT2D eigenvalue weighted by molar-refractivity contribution is 8.26. The van der Waals surface area contributed by atoms with Gasteiger partial charge in [0.1, 0.15) is 0 Å². The van der Waals surface area contributed by atoms with Gasteiger partial charge in [-0.3, -0.25) is 9.59 Å². The Labute approximate surface area is 181 Å². The number of nitrogens with zero attached hydrogens (tertiary/aromatic N) is 2. The van der Waals surface area contributed by atoms with E-state index in [2.05, 4.69) is 5.32 Å². The van der Waals surface area contributed by atoms with Gasteiger partial charge >= 0.3 is 6.03 Å². The lowest BCUT2D eigenvalue weighted by atomic mass is 10.1. The minimum Gasteiger partial charge on any atom is -0.331 e. The minimum atomic E-state index is -0.272. The van der Waals surface area contributed by atoms with Gasteiger partial charge in [-0.15, -0.1) is 12.4 Å². The number of halogens is 1. The molecule has 29 heavy (non-hydrogen) atoms. The molecule has 0 saturated carbocycles. The monoisotopic (exact) mass is 433 g/mol. The Morgan fingerprint density at radius 1 is 0.862 bits per heavy atom. The smallest absolute Gasteiger partial charge is 0.317 e. The second-order valence-corrected chi connectivity index (χ2v) is 7.50. The van der Waals surface area contributed by atoms with Gasteiger partial charge < -0.3 is 15.1 Å². The lowest BCUT2D eigenvalue weighted by Gasteiger charge is -2.35. The van der Waals surface area contributed by atoms with E-state index in [4.69, 9.17) is 0 Å². The highest BCUT2D eigenvalue weighted by Gasteiger charge is 2.26. The first kappa shape index (κ1) is 22.8. The number of carbonyl (C=O) groups excluding carboxylic acids is 3. The molecule has 0 aromatic heterocycles. The molecule has 0 spiro atoms. The van der Waals surface area contributed by atoms with Crippen molar-refractivity contribution in [2.75, 3.05) is 26.2 Å². The summed E-state index contributed by atoms with van der Waals surface area (Å²) in [5, 5.41) is 2.45. The third-order valence-corrected chi connectivity index (χ3v) is 5.51. The molecule has 1 unspecified atom stereocenters. The molecule has 1 N–H and O–H groups in total. The van der Waals surface area contributed by atoms with Crippen LogP contribution in [0.5, 0.6) is 0 Å². The van der Waals surface area contributed by atoms with Crippen molar-refractivity contribution in [1.82, 2.24) is 15.1 Å². The molecule has 154 valence electrons. The van der Waals surface area contributed by atoms with Gasteiger partial charge in [-0.1, -0.05) is 60.7 Å². The van der Waals surface area contributed by atoms with Crippen molar-refractivity contribution in [3.63, 3.8) is 0 Å². The maximum Gasteiger partial charge on any atom is 0.317 e. The minimum absolute atomic E-state index is 0. The third kappa shape index (κ3) is 6.24. The summed E-state index contributed by atoms with van der Waals surface area (Å²) >= 11 is 0.706. The summed E-state index contributed by atoms with van der Waals surface area (Å²) in [6.07, 6.45) is 0. The van der Waals surface area contributed by atoms with Crippen LogP contribution in [0.2, 0.25) is 0 Å². The number of amides is 3. The van der Waals surface area contributed by atoms with Crippen molar-refractivity contribution in [3.05, 3.63) is 71.8 Å². The van der Waals surface area contributed by atoms with E-state index >= 15 is 0 Å². The maximum atomic E-state index is 12.5. The van der Waals surface area contributed by atoms with Crippen LogP contribution in [0, 0.1) is 0 Å². The predicted octanol–water partition coefficient (Wildman–Crippen LogP) is 4.19. The van der Waals surface area contributed by atoms with Crippen LogP contribution in [0.1, 0.15) is 28.9 Å². The fourth-order valence-corrected chi connectivity index (χ4v) is 3.69. The Bertz CT molecular complexity index is 828. The van der Waals surface area contributed by atoms with Crippen molar-refractivity contribution in [3.8, 4) is 0 Å². The van der Waals surface area contributed by atoms with Crippen LogP contribution < -0.4 is 5.32 Å². The molecular weight excluding hydrogens is 410 g/mol. The molecule has 0 bridgehead atoms.